The van der Waals surface area contributed by atoms with Crippen molar-refractivity contribution in [3.63, 3.8) is 0 Å². The van der Waals surface area contributed by atoms with Crippen molar-refractivity contribution in [1.82, 2.24) is 10.6 Å². The van der Waals surface area contributed by atoms with Gasteiger partial charge >= 0.3 is 6.18 Å². The Morgan fingerprint density at radius 2 is 1.88 bits per heavy atom. The molecule has 1 amide bonds. The SMILES string of the molecule is CNCC(O)C(Cc1ccccc1)NC(=O)C(CN(C)c1cccc(C(F)(F)F)c1)OC=O. The van der Waals surface area contributed by atoms with Crippen molar-refractivity contribution in [2.75, 3.05) is 32.1 Å². The highest BCUT2D eigenvalue weighted by atomic mass is 19.4. The van der Waals surface area contributed by atoms with Crippen molar-refractivity contribution < 1.29 is 32.6 Å². The monoisotopic (exact) mass is 467 g/mol. The molecule has 3 atom stereocenters. The lowest BCUT2D eigenvalue weighted by Gasteiger charge is -2.28. The first kappa shape index (κ1) is 26.1. The van der Waals surface area contributed by atoms with Gasteiger partial charge in [-0.3, -0.25) is 9.59 Å². The summed E-state index contributed by atoms with van der Waals surface area (Å²) in [6.07, 6.45) is -6.42. The van der Waals surface area contributed by atoms with Gasteiger partial charge in [-0.05, 0) is 37.2 Å². The van der Waals surface area contributed by atoms with E-state index in [0.717, 1.165) is 17.7 Å². The Bertz CT molecular complexity index is 896. The molecule has 3 N–H and O–H groups in total. The summed E-state index contributed by atoms with van der Waals surface area (Å²) in [5, 5.41) is 16.0. The molecule has 0 aliphatic heterocycles. The third-order valence-electron chi connectivity index (χ3n) is 5.07. The number of carbonyl (C=O) groups excluding carboxylic acids is 2. The number of benzene rings is 2. The van der Waals surface area contributed by atoms with E-state index in [1.807, 2.05) is 30.3 Å². The van der Waals surface area contributed by atoms with Crippen LogP contribution in [0.5, 0.6) is 0 Å². The molecular weight excluding hydrogens is 439 g/mol. The number of aliphatic hydroxyl groups is 1. The van der Waals surface area contributed by atoms with Gasteiger partial charge in [0.2, 0.25) is 0 Å². The van der Waals surface area contributed by atoms with Gasteiger partial charge in [-0.15, -0.1) is 0 Å². The molecule has 0 bridgehead atoms. The number of alkyl halides is 3. The van der Waals surface area contributed by atoms with Crippen LogP contribution < -0.4 is 15.5 Å². The normalized spacial score (nSPS) is 14.1. The van der Waals surface area contributed by atoms with E-state index in [4.69, 9.17) is 4.74 Å². The number of ether oxygens (including phenoxy) is 1. The predicted octanol–water partition coefficient (Wildman–Crippen LogP) is 1.99. The zero-order valence-corrected chi connectivity index (χ0v) is 18.4. The van der Waals surface area contributed by atoms with E-state index in [1.54, 1.807) is 7.05 Å². The zero-order valence-electron chi connectivity index (χ0n) is 18.4. The lowest BCUT2D eigenvalue weighted by atomic mass is 10.0. The lowest BCUT2D eigenvalue weighted by molar-refractivity contribution is -0.145. The molecule has 0 saturated carbocycles. The summed E-state index contributed by atoms with van der Waals surface area (Å²) in [6, 6.07) is 13.1. The first-order valence-corrected chi connectivity index (χ1v) is 10.3. The maximum atomic E-state index is 13.0. The van der Waals surface area contributed by atoms with Gasteiger partial charge in [-0.2, -0.15) is 13.2 Å². The summed E-state index contributed by atoms with van der Waals surface area (Å²) in [5.41, 5.74) is 0.252. The highest BCUT2D eigenvalue weighted by molar-refractivity contribution is 5.83. The minimum atomic E-state index is -4.51. The van der Waals surface area contributed by atoms with Gasteiger partial charge in [0.1, 0.15) is 0 Å². The number of hydrogen-bond donors (Lipinski definition) is 3. The second kappa shape index (κ2) is 12.2. The van der Waals surface area contributed by atoms with Gasteiger partial charge in [-0.1, -0.05) is 36.4 Å². The van der Waals surface area contributed by atoms with Crippen molar-refractivity contribution in [3.8, 4) is 0 Å². The van der Waals surface area contributed by atoms with E-state index in [-0.39, 0.29) is 25.2 Å². The summed E-state index contributed by atoms with van der Waals surface area (Å²) in [4.78, 5) is 25.3. The summed E-state index contributed by atoms with van der Waals surface area (Å²) in [7, 11) is 3.15. The van der Waals surface area contributed by atoms with Crippen molar-refractivity contribution in [2.45, 2.75) is 30.8 Å². The number of nitrogens with zero attached hydrogens (tertiary/aromatic N) is 1. The van der Waals surface area contributed by atoms with E-state index >= 15 is 0 Å². The fourth-order valence-electron chi connectivity index (χ4n) is 3.31. The molecule has 2 rings (SSSR count). The summed E-state index contributed by atoms with van der Waals surface area (Å²) >= 11 is 0. The summed E-state index contributed by atoms with van der Waals surface area (Å²) in [6.45, 7) is 0.133. The number of aliphatic hydroxyl groups excluding tert-OH is 1. The minimum Gasteiger partial charge on any atom is -0.453 e. The molecule has 0 aliphatic carbocycles. The van der Waals surface area contributed by atoms with Gasteiger partial charge in [-0.25, -0.2) is 0 Å². The first-order chi connectivity index (χ1) is 15.7. The number of nitrogens with one attached hydrogen (secondary N) is 2. The van der Waals surface area contributed by atoms with Gasteiger partial charge in [0, 0.05) is 19.3 Å². The maximum absolute atomic E-state index is 13.0. The topological polar surface area (TPSA) is 90.9 Å². The zero-order chi connectivity index (χ0) is 24.4. The Morgan fingerprint density at radius 3 is 2.48 bits per heavy atom. The Morgan fingerprint density at radius 1 is 1.18 bits per heavy atom. The molecule has 0 fully saturated rings. The van der Waals surface area contributed by atoms with Crippen molar-refractivity contribution in [3.05, 3.63) is 65.7 Å². The molecule has 180 valence electrons. The molecule has 3 unspecified atom stereocenters. The number of hydrogen-bond acceptors (Lipinski definition) is 6. The Labute approximate surface area is 190 Å². The minimum absolute atomic E-state index is 0.112. The largest absolute Gasteiger partial charge is 0.453 e. The van der Waals surface area contributed by atoms with Crippen LogP contribution in [0.3, 0.4) is 0 Å². The average molecular weight is 467 g/mol. The van der Waals surface area contributed by atoms with Crippen molar-refractivity contribution >= 4 is 18.1 Å². The number of halogens is 3. The van der Waals surface area contributed by atoms with Crippen LogP contribution in [0.1, 0.15) is 11.1 Å². The molecule has 7 nitrogen and oxygen atoms in total. The van der Waals surface area contributed by atoms with Crippen molar-refractivity contribution in [2.24, 2.45) is 0 Å². The quantitative estimate of drug-likeness (QED) is 0.414. The molecule has 0 aliphatic rings. The molecule has 33 heavy (non-hydrogen) atoms. The molecule has 10 heteroatoms. The third-order valence-corrected chi connectivity index (χ3v) is 5.07. The van der Waals surface area contributed by atoms with Crippen LogP contribution in [0.2, 0.25) is 0 Å². The highest BCUT2D eigenvalue weighted by Gasteiger charge is 2.31. The molecule has 0 spiro atoms. The van der Waals surface area contributed by atoms with Crippen molar-refractivity contribution in [1.29, 1.82) is 0 Å². The van der Waals surface area contributed by atoms with Gasteiger partial charge < -0.3 is 25.4 Å². The van der Waals surface area contributed by atoms with Crippen LogP contribution in [0.4, 0.5) is 18.9 Å². The van der Waals surface area contributed by atoms with E-state index < -0.39 is 35.9 Å². The predicted molar refractivity (Wildman–Crippen MR) is 118 cm³/mol. The van der Waals surface area contributed by atoms with Gasteiger partial charge in [0.15, 0.2) is 6.10 Å². The Balaban J connectivity index is 2.15. The number of anilines is 1. The maximum Gasteiger partial charge on any atom is 0.416 e. The van der Waals surface area contributed by atoms with E-state index in [0.29, 0.717) is 6.42 Å². The molecule has 0 radical (unpaired) electrons. The number of carbonyl (C=O) groups is 2. The number of likely N-dealkylation sites (N-methyl/N-ethyl adjacent to an activating group) is 2. The fraction of sp³-hybridized carbons (Fsp3) is 0.391. The molecular formula is C23H28F3N3O4. The van der Waals surface area contributed by atoms with Gasteiger partial charge in [0.25, 0.3) is 12.4 Å². The van der Waals surface area contributed by atoms with Crippen LogP contribution in [0.15, 0.2) is 54.6 Å². The fourth-order valence-corrected chi connectivity index (χ4v) is 3.31. The molecule has 0 heterocycles. The summed E-state index contributed by atoms with van der Waals surface area (Å²) in [5.74, 6) is -0.669. The summed E-state index contributed by atoms with van der Waals surface area (Å²) < 4.78 is 44.0. The smallest absolute Gasteiger partial charge is 0.416 e. The van der Waals surface area contributed by atoms with Crippen LogP contribution in [-0.4, -0.2) is 62.9 Å². The average Bonchev–Trinajstić information content (AvgIpc) is 2.78. The third kappa shape index (κ3) is 8.07. The lowest BCUT2D eigenvalue weighted by Crippen LogP contribution is -2.53. The first-order valence-electron chi connectivity index (χ1n) is 10.3. The van der Waals surface area contributed by atoms with Gasteiger partial charge in [0.05, 0.1) is 24.3 Å². The van der Waals surface area contributed by atoms with E-state index in [9.17, 15) is 27.9 Å². The van der Waals surface area contributed by atoms with Crippen LogP contribution in [-0.2, 0) is 26.9 Å². The van der Waals surface area contributed by atoms with E-state index in [1.165, 1.54) is 24.1 Å². The second-order valence-corrected chi connectivity index (χ2v) is 7.58. The molecule has 0 saturated heterocycles. The van der Waals surface area contributed by atoms with Crippen LogP contribution in [0.25, 0.3) is 0 Å². The highest BCUT2D eigenvalue weighted by Crippen LogP contribution is 2.31. The number of rotatable bonds is 12. The molecule has 2 aromatic rings. The Kier molecular flexibility index (Phi) is 9.68. The molecule has 0 aromatic heterocycles. The van der Waals surface area contributed by atoms with E-state index in [2.05, 4.69) is 10.6 Å². The second-order valence-electron chi connectivity index (χ2n) is 7.58. The standard InChI is InChI=1S/C23H28F3N3O4/c1-27-13-20(31)19(11-16-7-4-3-5-8-16)28-22(32)21(33-15-30)14-29(2)18-10-6-9-17(12-18)23(24,25)26/h3-10,12,15,19-21,27,31H,11,13-14H2,1-2H3,(H,28,32). The number of amides is 1. The Hall–Kier alpha value is -3.11. The van der Waals surface area contributed by atoms with Crippen LogP contribution >= 0.6 is 0 Å². The van der Waals surface area contributed by atoms with Crippen LogP contribution in [0, 0.1) is 0 Å². The molecule has 2 aromatic carbocycles.